The third kappa shape index (κ3) is 4.24. The van der Waals surface area contributed by atoms with Crippen molar-refractivity contribution in [2.45, 2.75) is 0 Å². The molecule has 0 fully saturated rings. The number of para-hydroxylation sites is 2. The Morgan fingerprint density at radius 2 is 1.00 bits per heavy atom. The minimum absolute atomic E-state index is 0.881. The molecule has 2 aromatic heterocycles. The van der Waals surface area contributed by atoms with Crippen molar-refractivity contribution in [1.82, 2.24) is 0 Å². The lowest BCUT2D eigenvalue weighted by Gasteiger charge is -2.29. The summed E-state index contributed by atoms with van der Waals surface area (Å²) in [5, 5.41) is 4.78. The Hall–Kier alpha value is -5.64. The second-order valence-corrected chi connectivity index (χ2v) is 12.3. The Bertz CT molecular complexity index is 2490. The molecule has 0 radical (unpaired) electrons. The van der Waals surface area contributed by atoms with Gasteiger partial charge in [0, 0.05) is 26.4 Å². The second-order valence-electron chi connectivity index (χ2n) is 11.3. The lowest BCUT2D eigenvalue weighted by atomic mass is 9.98. The molecule has 2 heterocycles. The number of anilines is 3. The van der Waals surface area contributed by atoms with E-state index in [1.807, 2.05) is 17.4 Å². The van der Waals surface area contributed by atoms with Crippen molar-refractivity contribution < 1.29 is 4.42 Å². The number of nitrogens with zero attached hydrogens (tertiary/aromatic N) is 1. The molecule has 0 aliphatic rings. The minimum atomic E-state index is 0.881. The Morgan fingerprint density at radius 3 is 1.89 bits per heavy atom. The lowest BCUT2D eigenvalue weighted by molar-refractivity contribution is 0.669. The molecule has 0 unspecified atom stereocenters. The van der Waals surface area contributed by atoms with Crippen LogP contribution in [0.4, 0.5) is 17.1 Å². The van der Waals surface area contributed by atoms with E-state index in [0.717, 1.165) is 39.0 Å². The maximum Gasteiger partial charge on any atom is 0.137 e. The molecule has 0 aliphatic heterocycles. The SMILES string of the molecule is c1ccc(-c2ccc(-c3ccccc3N(c3cccc4c3sc3ccccc34)c3cccc4oc5ccccc5c34)cc2)cc1. The summed E-state index contributed by atoms with van der Waals surface area (Å²) in [6, 6.07) is 58.4. The first-order valence-corrected chi connectivity index (χ1v) is 16.0. The quantitative estimate of drug-likeness (QED) is 0.197. The van der Waals surface area contributed by atoms with Gasteiger partial charge in [-0.1, -0.05) is 127 Å². The first kappa shape index (κ1) is 25.8. The summed E-state index contributed by atoms with van der Waals surface area (Å²) < 4.78 is 8.95. The topological polar surface area (TPSA) is 16.4 Å². The molecule has 212 valence electrons. The third-order valence-electron chi connectivity index (χ3n) is 8.69. The van der Waals surface area contributed by atoms with Crippen LogP contribution < -0.4 is 4.90 Å². The molecule has 0 N–H and O–H groups in total. The number of hydrogen-bond donors (Lipinski definition) is 0. The maximum atomic E-state index is 6.40. The largest absolute Gasteiger partial charge is 0.456 e. The van der Waals surface area contributed by atoms with Crippen LogP contribution in [0, 0.1) is 0 Å². The lowest BCUT2D eigenvalue weighted by Crippen LogP contribution is -2.11. The molecule has 45 heavy (non-hydrogen) atoms. The summed E-state index contributed by atoms with van der Waals surface area (Å²) in [7, 11) is 0. The number of benzene rings is 7. The molecule has 0 bridgehead atoms. The molecule has 0 saturated heterocycles. The first-order valence-electron chi connectivity index (χ1n) is 15.2. The van der Waals surface area contributed by atoms with Crippen LogP contribution in [0.1, 0.15) is 0 Å². The number of hydrogen-bond acceptors (Lipinski definition) is 3. The fourth-order valence-corrected chi connectivity index (χ4v) is 7.83. The second kappa shape index (κ2) is 10.5. The Kier molecular flexibility index (Phi) is 6.03. The molecule has 7 aromatic carbocycles. The van der Waals surface area contributed by atoms with Gasteiger partial charge in [0.2, 0.25) is 0 Å². The van der Waals surface area contributed by atoms with Crippen molar-refractivity contribution in [3.05, 3.63) is 164 Å². The van der Waals surface area contributed by atoms with Crippen LogP contribution >= 0.6 is 11.3 Å². The van der Waals surface area contributed by atoms with E-state index in [4.69, 9.17) is 4.42 Å². The van der Waals surface area contributed by atoms with Gasteiger partial charge in [-0.15, -0.1) is 11.3 Å². The highest BCUT2D eigenvalue weighted by molar-refractivity contribution is 7.26. The summed E-state index contributed by atoms with van der Waals surface area (Å²) in [4.78, 5) is 2.45. The van der Waals surface area contributed by atoms with E-state index in [1.165, 1.54) is 42.4 Å². The number of rotatable bonds is 5. The number of thiophene rings is 1. The van der Waals surface area contributed by atoms with Crippen molar-refractivity contribution in [3.63, 3.8) is 0 Å². The molecule has 0 spiro atoms. The van der Waals surface area contributed by atoms with Crippen LogP contribution in [0.2, 0.25) is 0 Å². The average molecular weight is 594 g/mol. The molecule has 2 nitrogen and oxygen atoms in total. The average Bonchev–Trinajstić information content (AvgIpc) is 3.69. The minimum Gasteiger partial charge on any atom is -0.456 e. The van der Waals surface area contributed by atoms with E-state index < -0.39 is 0 Å². The molecule has 0 atom stereocenters. The molecule has 0 amide bonds. The highest BCUT2D eigenvalue weighted by atomic mass is 32.1. The zero-order valence-corrected chi connectivity index (χ0v) is 25.2. The number of fused-ring (bicyclic) bond motifs is 6. The van der Waals surface area contributed by atoms with E-state index in [9.17, 15) is 0 Å². The first-order chi connectivity index (χ1) is 22.3. The monoisotopic (exact) mass is 593 g/mol. The van der Waals surface area contributed by atoms with Crippen molar-refractivity contribution in [2.75, 3.05) is 4.90 Å². The zero-order chi connectivity index (χ0) is 29.7. The summed E-state index contributed by atoms with van der Waals surface area (Å²) in [6.07, 6.45) is 0. The van der Waals surface area contributed by atoms with Gasteiger partial charge >= 0.3 is 0 Å². The van der Waals surface area contributed by atoms with Gasteiger partial charge in [0.05, 0.1) is 27.1 Å². The van der Waals surface area contributed by atoms with Gasteiger partial charge in [-0.3, -0.25) is 0 Å². The molecule has 3 heteroatoms. The van der Waals surface area contributed by atoms with E-state index in [0.29, 0.717) is 0 Å². The molecule has 9 aromatic rings. The standard InChI is InChI=1S/C42H27NOS/c1-2-12-28(13-3-1)29-24-26-30(27-25-29)31-14-4-7-18-35(31)43(36-19-11-22-39-41(36)34-16-5-8-21-38(34)44-39)37-20-10-17-33-32-15-6-9-23-40(32)45-42(33)37/h1-27H. The van der Waals surface area contributed by atoms with Crippen molar-refractivity contribution in [1.29, 1.82) is 0 Å². The summed E-state index contributed by atoms with van der Waals surface area (Å²) in [5.74, 6) is 0. The fourth-order valence-electron chi connectivity index (χ4n) is 6.63. The highest BCUT2D eigenvalue weighted by Crippen LogP contribution is 2.49. The van der Waals surface area contributed by atoms with Gasteiger partial charge < -0.3 is 9.32 Å². The predicted octanol–water partition coefficient (Wildman–Crippen LogP) is 12.8. The fraction of sp³-hybridized carbons (Fsp3) is 0. The summed E-state index contributed by atoms with van der Waals surface area (Å²) >= 11 is 1.85. The van der Waals surface area contributed by atoms with Gasteiger partial charge in [-0.05, 0) is 53.1 Å². The van der Waals surface area contributed by atoms with Crippen LogP contribution in [0.15, 0.2) is 168 Å². The van der Waals surface area contributed by atoms with Gasteiger partial charge in [0.25, 0.3) is 0 Å². The summed E-state index contributed by atoms with van der Waals surface area (Å²) in [5.41, 5.74) is 9.90. The van der Waals surface area contributed by atoms with E-state index in [1.54, 1.807) is 0 Å². The Morgan fingerprint density at radius 1 is 0.400 bits per heavy atom. The van der Waals surface area contributed by atoms with E-state index in [2.05, 4.69) is 163 Å². The normalized spacial score (nSPS) is 11.6. The van der Waals surface area contributed by atoms with Gasteiger partial charge in [-0.25, -0.2) is 0 Å². The van der Waals surface area contributed by atoms with Crippen LogP contribution in [0.3, 0.4) is 0 Å². The molecule has 0 aliphatic carbocycles. The molecular weight excluding hydrogens is 567 g/mol. The summed E-state index contributed by atoms with van der Waals surface area (Å²) in [6.45, 7) is 0. The highest BCUT2D eigenvalue weighted by Gasteiger charge is 2.24. The van der Waals surface area contributed by atoms with E-state index in [-0.39, 0.29) is 0 Å². The van der Waals surface area contributed by atoms with Gasteiger partial charge in [0.15, 0.2) is 0 Å². The Balaban J connectivity index is 1.33. The van der Waals surface area contributed by atoms with Crippen molar-refractivity contribution in [2.24, 2.45) is 0 Å². The van der Waals surface area contributed by atoms with Crippen LogP contribution in [0.5, 0.6) is 0 Å². The van der Waals surface area contributed by atoms with Crippen LogP contribution in [-0.2, 0) is 0 Å². The Labute approximate surface area is 265 Å². The number of furan rings is 1. The third-order valence-corrected chi connectivity index (χ3v) is 9.90. The molecular formula is C42H27NOS. The maximum absolute atomic E-state index is 6.40. The van der Waals surface area contributed by atoms with E-state index >= 15 is 0 Å². The van der Waals surface area contributed by atoms with Crippen LogP contribution in [-0.4, -0.2) is 0 Å². The predicted molar refractivity (Wildman–Crippen MR) is 192 cm³/mol. The molecule has 9 rings (SSSR count). The van der Waals surface area contributed by atoms with Crippen LogP contribution in [0.25, 0.3) is 64.4 Å². The van der Waals surface area contributed by atoms with Gasteiger partial charge in [-0.2, -0.15) is 0 Å². The molecule has 0 saturated carbocycles. The smallest absolute Gasteiger partial charge is 0.137 e. The van der Waals surface area contributed by atoms with Gasteiger partial charge in [0.1, 0.15) is 11.2 Å². The van der Waals surface area contributed by atoms with Crippen molar-refractivity contribution >= 4 is 70.5 Å². The zero-order valence-electron chi connectivity index (χ0n) is 24.4. The van der Waals surface area contributed by atoms with Crippen molar-refractivity contribution in [3.8, 4) is 22.3 Å².